The van der Waals surface area contributed by atoms with Crippen LogP contribution >= 0.6 is 15.9 Å². The molecule has 0 fully saturated rings. The number of carbonyl (C=O) groups excluding carboxylic acids is 1. The molecule has 0 radical (unpaired) electrons. The fourth-order valence-electron chi connectivity index (χ4n) is 1.56. The largest absolute Gasteiger partial charge is 0.385 e. The monoisotopic (exact) mass is 317 g/mol. The topological polar surface area (TPSA) is 38.3 Å². The second kappa shape index (κ2) is 8.21. The van der Waals surface area contributed by atoms with Gasteiger partial charge in [0.25, 0.3) is 0 Å². The van der Waals surface area contributed by atoms with E-state index < -0.39 is 0 Å². The summed E-state index contributed by atoms with van der Waals surface area (Å²) >= 11 is 3.34. The Morgan fingerprint density at radius 3 is 2.94 bits per heavy atom. The van der Waals surface area contributed by atoms with Crippen molar-refractivity contribution < 1.29 is 13.9 Å². The number of hydrogen-bond acceptors (Lipinski definition) is 2. The molecule has 1 unspecified atom stereocenters. The number of benzene rings is 1. The lowest BCUT2D eigenvalue weighted by molar-refractivity contribution is -0.121. The highest BCUT2D eigenvalue weighted by molar-refractivity contribution is 9.09. The van der Waals surface area contributed by atoms with E-state index in [4.69, 9.17) is 4.74 Å². The van der Waals surface area contributed by atoms with E-state index in [0.29, 0.717) is 17.5 Å². The van der Waals surface area contributed by atoms with Crippen LogP contribution in [0, 0.1) is 5.82 Å². The molecule has 1 aromatic carbocycles. The first-order chi connectivity index (χ1) is 8.65. The van der Waals surface area contributed by atoms with Gasteiger partial charge < -0.3 is 10.1 Å². The molecule has 0 aliphatic rings. The molecule has 3 nitrogen and oxygen atoms in total. The zero-order valence-corrected chi connectivity index (χ0v) is 11.9. The third kappa shape index (κ3) is 5.60. The molecule has 0 aliphatic heterocycles. The number of ether oxygens (including phenoxy) is 1. The second-order valence-corrected chi connectivity index (χ2v) is 4.65. The van der Waals surface area contributed by atoms with E-state index in [1.165, 1.54) is 12.1 Å². The van der Waals surface area contributed by atoms with Crippen molar-refractivity contribution in [2.75, 3.05) is 19.0 Å². The summed E-state index contributed by atoms with van der Waals surface area (Å²) in [7, 11) is 1.62. The van der Waals surface area contributed by atoms with Crippen molar-refractivity contribution in [3.63, 3.8) is 0 Å². The van der Waals surface area contributed by atoms with Gasteiger partial charge in [-0.05, 0) is 24.1 Å². The van der Waals surface area contributed by atoms with Crippen molar-refractivity contribution in [1.82, 2.24) is 5.32 Å². The molecule has 1 aromatic rings. The van der Waals surface area contributed by atoms with Crippen LogP contribution in [0.1, 0.15) is 12.0 Å². The minimum absolute atomic E-state index is 0.0333. The van der Waals surface area contributed by atoms with Crippen LogP contribution in [0.15, 0.2) is 24.3 Å². The lowest BCUT2D eigenvalue weighted by Gasteiger charge is -2.15. The van der Waals surface area contributed by atoms with Gasteiger partial charge >= 0.3 is 0 Å². The molecule has 0 saturated carbocycles. The molecule has 0 aromatic heterocycles. The number of hydrogen-bond donors (Lipinski definition) is 1. The Bertz CT molecular complexity index is 387. The van der Waals surface area contributed by atoms with Gasteiger partial charge in [-0.2, -0.15) is 0 Å². The molecule has 0 spiro atoms. The molecular formula is C13H17BrFNO2. The van der Waals surface area contributed by atoms with E-state index in [-0.39, 0.29) is 24.2 Å². The van der Waals surface area contributed by atoms with Crippen molar-refractivity contribution in [3.8, 4) is 0 Å². The van der Waals surface area contributed by atoms with Crippen LogP contribution in [0.2, 0.25) is 0 Å². The van der Waals surface area contributed by atoms with Crippen LogP contribution in [0.25, 0.3) is 0 Å². The molecule has 1 atom stereocenters. The van der Waals surface area contributed by atoms with Gasteiger partial charge in [0.1, 0.15) is 5.82 Å². The lowest BCUT2D eigenvalue weighted by atomic mass is 10.1. The highest BCUT2D eigenvalue weighted by Gasteiger charge is 2.11. The quantitative estimate of drug-likeness (QED) is 0.784. The number of alkyl halides is 1. The highest BCUT2D eigenvalue weighted by atomic mass is 79.9. The SMILES string of the molecule is COCCC(CBr)NC(=O)Cc1cccc(F)c1. The average molecular weight is 318 g/mol. The van der Waals surface area contributed by atoms with Crippen LogP contribution in [0.3, 0.4) is 0 Å². The van der Waals surface area contributed by atoms with E-state index in [1.54, 1.807) is 19.2 Å². The van der Waals surface area contributed by atoms with Gasteiger partial charge in [0.2, 0.25) is 5.91 Å². The Hall–Kier alpha value is -0.940. The molecular weight excluding hydrogens is 301 g/mol. The van der Waals surface area contributed by atoms with Crippen LogP contribution in [0.4, 0.5) is 4.39 Å². The fraction of sp³-hybridized carbons (Fsp3) is 0.462. The highest BCUT2D eigenvalue weighted by Crippen LogP contribution is 2.05. The van der Waals surface area contributed by atoms with Crippen molar-refractivity contribution >= 4 is 21.8 Å². The van der Waals surface area contributed by atoms with Crippen LogP contribution < -0.4 is 5.32 Å². The number of carbonyl (C=O) groups is 1. The van der Waals surface area contributed by atoms with Crippen LogP contribution in [0.5, 0.6) is 0 Å². The standard InChI is InChI=1S/C13H17BrFNO2/c1-18-6-5-12(9-14)16-13(17)8-10-3-2-4-11(15)7-10/h2-4,7,12H,5-6,8-9H2,1H3,(H,16,17). The number of methoxy groups -OCH3 is 1. The van der Waals surface area contributed by atoms with Crippen LogP contribution in [-0.2, 0) is 16.0 Å². The van der Waals surface area contributed by atoms with E-state index >= 15 is 0 Å². The zero-order chi connectivity index (χ0) is 13.4. The molecule has 0 bridgehead atoms. The van der Waals surface area contributed by atoms with Gasteiger partial charge in [-0.3, -0.25) is 4.79 Å². The Balaban J connectivity index is 2.45. The summed E-state index contributed by atoms with van der Waals surface area (Å²) in [5.41, 5.74) is 0.674. The molecule has 0 saturated heterocycles. The van der Waals surface area contributed by atoms with Crippen molar-refractivity contribution in [3.05, 3.63) is 35.6 Å². The summed E-state index contributed by atoms with van der Waals surface area (Å²) in [6.45, 7) is 0.594. The predicted molar refractivity (Wildman–Crippen MR) is 72.3 cm³/mol. The molecule has 1 rings (SSSR count). The maximum absolute atomic E-state index is 13.0. The predicted octanol–water partition coefficient (Wildman–Crippen LogP) is 2.28. The van der Waals surface area contributed by atoms with Gasteiger partial charge in [-0.25, -0.2) is 4.39 Å². The van der Waals surface area contributed by atoms with E-state index in [0.717, 1.165) is 6.42 Å². The zero-order valence-electron chi connectivity index (χ0n) is 10.3. The normalized spacial score (nSPS) is 12.2. The minimum Gasteiger partial charge on any atom is -0.385 e. The summed E-state index contributed by atoms with van der Waals surface area (Å²) in [5.74, 6) is -0.433. The van der Waals surface area contributed by atoms with Gasteiger partial charge in [0.05, 0.1) is 6.42 Å². The third-order valence-corrected chi connectivity index (χ3v) is 3.26. The summed E-state index contributed by atoms with van der Waals surface area (Å²) in [6.07, 6.45) is 0.935. The van der Waals surface area contributed by atoms with E-state index in [2.05, 4.69) is 21.2 Å². The first-order valence-corrected chi connectivity index (χ1v) is 6.86. The summed E-state index contributed by atoms with van der Waals surface area (Å²) in [4.78, 5) is 11.8. The summed E-state index contributed by atoms with van der Waals surface area (Å²) < 4.78 is 17.9. The number of nitrogens with one attached hydrogen (secondary N) is 1. The van der Waals surface area contributed by atoms with E-state index in [1.807, 2.05) is 0 Å². The van der Waals surface area contributed by atoms with Crippen molar-refractivity contribution in [2.45, 2.75) is 18.9 Å². The second-order valence-electron chi connectivity index (χ2n) is 4.01. The van der Waals surface area contributed by atoms with Gasteiger partial charge in [0.15, 0.2) is 0 Å². The minimum atomic E-state index is -0.322. The number of amides is 1. The fourth-order valence-corrected chi connectivity index (χ4v) is 2.04. The van der Waals surface area contributed by atoms with Crippen LogP contribution in [-0.4, -0.2) is 31.0 Å². The summed E-state index contributed by atoms with van der Waals surface area (Å²) in [5, 5.41) is 3.55. The van der Waals surface area contributed by atoms with Gasteiger partial charge in [-0.15, -0.1) is 0 Å². The van der Waals surface area contributed by atoms with Crippen molar-refractivity contribution in [1.29, 1.82) is 0 Å². The Labute approximate surface area is 115 Å². The molecule has 1 N–H and O–H groups in total. The molecule has 1 amide bonds. The molecule has 5 heteroatoms. The summed E-state index contributed by atoms with van der Waals surface area (Å²) in [6, 6.07) is 6.11. The first-order valence-electron chi connectivity index (χ1n) is 5.74. The Morgan fingerprint density at radius 2 is 2.33 bits per heavy atom. The number of rotatable bonds is 7. The Morgan fingerprint density at radius 1 is 1.56 bits per heavy atom. The molecule has 100 valence electrons. The van der Waals surface area contributed by atoms with Gasteiger partial charge in [0, 0.05) is 25.1 Å². The molecule has 0 aliphatic carbocycles. The third-order valence-electron chi connectivity index (χ3n) is 2.48. The number of halogens is 2. The first kappa shape index (κ1) is 15.1. The molecule has 18 heavy (non-hydrogen) atoms. The maximum Gasteiger partial charge on any atom is 0.224 e. The lowest BCUT2D eigenvalue weighted by Crippen LogP contribution is -2.37. The van der Waals surface area contributed by atoms with E-state index in [9.17, 15) is 9.18 Å². The van der Waals surface area contributed by atoms with Gasteiger partial charge in [-0.1, -0.05) is 28.1 Å². The smallest absolute Gasteiger partial charge is 0.224 e. The van der Waals surface area contributed by atoms with Crippen molar-refractivity contribution in [2.24, 2.45) is 0 Å². The maximum atomic E-state index is 13.0. The Kier molecular flexibility index (Phi) is 6.90. The average Bonchev–Trinajstić information content (AvgIpc) is 2.34. The molecule has 0 heterocycles.